The molecular formula is C18H20N6OS. The van der Waals surface area contributed by atoms with Crippen molar-refractivity contribution in [2.45, 2.75) is 33.9 Å². The van der Waals surface area contributed by atoms with E-state index >= 15 is 0 Å². The first kappa shape index (κ1) is 16.7. The van der Waals surface area contributed by atoms with Gasteiger partial charge in [0, 0.05) is 18.1 Å². The number of aromatic nitrogens is 5. The lowest BCUT2D eigenvalue weighted by molar-refractivity contribution is 0.0954. The molecule has 0 atom stereocenters. The van der Waals surface area contributed by atoms with Gasteiger partial charge in [-0.3, -0.25) is 13.9 Å². The summed E-state index contributed by atoms with van der Waals surface area (Å²) in [6.07, 6.45) is 1.89. The van der Waals surface area contributed by atoms with Gasteiger partial charge in [0.15, 0.2) is 11.5 Å². The standard InChI is InChI=1S/C18H20N6OS/c1-11(2)10-24-18-13(12(3)22-24)8-14(26-18)17(25)19-9-16-21-20-15-6-4-5-7-23(15)16/h4-8,11H,9-10H2,1-3H3,(H,19,25). The van der Waals surface area contributed by atoms with Crippen LogP contribution in [-0.2, 0) is 13.1 Å². The van der Waals surface area contributed by atoms with Crippen LogP contribution in [0.2, 0.25) is 0 Å². The van der Waals surface area contributed by atoms with E-state index in [1.165, 1.54) is 11.3 Å². The molecule has 4 rings (SSSR count). The maximum atomic E-state index is 12.6. The van der Waals surface area contributed by atoms with Gasteiger partial charge in [-0.15, -0.1) is 21.5 Å². The van der Waals surface area contributed by atoms with Gasteiger partial charge in [0.05, 0.1) is 17.1 Å². The first-order valence-corrected chi connectivity index (χ1v) is 9.38. The second-order valence-corrected chi connectivity index (χ2v) is 7.75. The summed E-state index contributed by atoms with van der Waals surface area (Å²) in [6, 6.07) is 7.63. The van der Waals surface area contributed by atoms with Crippen LogP contribution < -0.4 is 5.32 Å². The van der Waals surface area contributed by atoms with Crippen LogP contribution >= 0.6 is 11.3 Å². The number of fused-ring (bicyclic) bond motifs is 2. The molecule has 4 heterocycles. The quantitative estimate of drug-likeness (QED) is 0.587. The number of nitrogens with zero attached hydrogens (tertiary/aromatic N) is 5. The lowest BCUT2D eigenvalue weighted by atomic mass is 10.2. The van der Waals surface area contributed by atoms with E-state index in [2.05, 4.69) is 34.5 Å². The summed E-state index contributed by atoms with van der Waals surface area (Å²) in [4.78, 5) is 14.3. The average Bonchev–Trinajstić information content (AvgIpc) is 3.29. The number of amides is 1. The van der Waals surface area contributed by atoms with Gasteiger partial charge in [-0.2, -0.15) is 5.10 Å². The minimum atomic E-state index is -0.102. The van der Waals surface area contributed by atoms with E-state index in [4.69, 9.17) is 0 Å². The predicted molar refractivity (Wildman–Crippen MR) is 101 cm³/mol. The number of rotatable bonds is 5. The summed E-state index contributed by atoms with van der Waals surface area (Å²) >= 11 is 1.48. The molecule has 0 aliphatic rings. The van der Waals surface area contributed by atoms with Gasteiger partial charge < -0.3 is 5.32 Å². The summed E-state index contributed by atoms with van der Waals surface area (Å²) < 4.78 is 3.87. The first-order valence-electron chi connectivity index (χ1n) is 8.56. The van der Waals surface area contributed by atoms with Gasteiger partial charge in [-0.05, 0) is 31.0 Å². The average molecular weight is 368 g/mol. The van der Waals surface area contributed by atoms with E-state index in [0.29, 0.717) is 23.2 Å². The van der Waals surface area contributed by atoms with Crippen molar-refractivity contribution < 1.29 is 4.79 Å². The van der Waals surface area contributed by atoms with E-state index in [1.807, 2.05) is 46.5 Å². The maximum absolute atomic E-state index is 12.6. The zero-order valence-corrected chi connectivity index (χ0v) is 15.7. The molecule has 8 heteroatoms. The topological polar surface area (TPSA) is 77.1 Å². The summed E-state index contributed by atoms with van der Waals surface area (Å²) in [5.74, 6) is 1.10. The van der Waals surface area contributed by atoms with Crippen molar-refractivity contribution in [1.82, 2.24) is 29.7 Å². The van der Waals surface area contributed by atoms with Crippen molar-refractivity contribution in [3.8, 4) is 0 Å². The zero-order valence-electron chi connectivity index (χ0n) is 14.9. The third-order valence-electron chi connectivity index (χ3n) is 4.16. The molecule has 0 fully saturated rings. The largest absolute Gasteiger partial charge is 0.344 e. The van der Waals surface area contributed by atoms with Gasteiger partial charge in [0.2, 0.25) is 0 Å². The summed E-state index contributed by atoms with van der Waals surface area (Å²) in [5.41, 5.74) is 1.72. The van der Waals surface area contributed by atoms with Crippen LogP contribution in [0.25, 0.3) is 15.9 Å². The molecule has 4 aromatic heterocycles. The van der Waals surface area contributed by atoms with Crippen molar-refractivity contribution in [1.29, 1.82) is 0 Å². The fraction of sp³-hybridized carbons (Fsp3) is 0.333. The van der Waals surface area contributed by atoms with Gasteiger partial charge in [0.1, 0.15) is 4.83 Å². The van der Waals surface area contributed by atoms with Gasteiger partial charge in [0.25, 0.3) is 5.91 Å². The van der Waals surface area contributed by atoms with Crippen LogP contribution in [0.4, 0.5) is 0 Å². The molecule has 0 spiro atoms. The molecule has 4 aromatic rings. The second-order valence-electron chi connectivity index (χ2n) is 6.72. The SMILES string of the molecule is Cc1nn(CC(C)C)c2sc(C(=O)NCc3nnc4ccccn34)cc12. The summed E-state index contributed by atoms with van der Waals surface area (Å²) in [6.45, 7) is 7.48. The molecule has 1 N–H and O–H groups in total. The molecule has 26 heavy (non-hydrogen) atoms. The van der Waals surface area contributed by atoms with Crippen LogP contribution in [0.15, 0.2) is 30.5 Å². The number of hydrogen-bond acceptors (Lipinski definition) is 5. The fourth-order valence-corrected chi connectivity index (χ4v) is 4.04. The van der Waals surface area contributed by atoms with Crippen molar-refractivity contribution in [3.63, 3.8) is 0 Å². The molecule has 134 valence electrons. The Morgan fingerprint density at radius 2 is 2.15 bits per heavy atom. The van der Waals surface area contributed by atoms with E-state index in [0.717, 1.165) is 28.1 Å². The Hall–Kier alpha value is -2.74. The van der Waals surface area contributed by atoms with Gasteiger partial charge >= 0.3 is 0 Å². The van der Waals surface area contributed by atoms with Crippen LogP contribution in [0.3, 0.4) is 0 Å². The highest BCUT2D eigenvalue weighted by molar-refractivity contribution is 7.20. The number of nitrogens with one attached hydrogen (secondary N) is 1. The van der Waals surface area contributed by atoms with E-state index in [1.54, 1.807) is 0 Å². The Bertz CT molecular complexity index is 1090. The molecule has 1 amide bonds. The number of aryl methyl sites for hydroxylation is 1. The number of thiophene rings is 1. The maximum Gasteiger partial charge on any atom is 0.261 e. The van der Waals surface area contributed by atoms with Crippen LogP contribution in [-0.4, -0.2) is 30.3 Å². The van der Waals surface area contributed by atoms with Crippen LogP contribution in [0.5, 0.6) is 0 Å². The number of carbonyl (C=O) groups excluding carboxylic acids is 1. The number of pyridine rings is 1. The normalized spacial score (nSPS) is 11.7. The Kier molecular flexibility index (Phi) is 4.20. The Balaban J connectivity index is 1.54. The third kappa shape index (κ3) is 2.96. The molecule has 0 saturated heterocycles. The second kappa shape index (κ2) is 6.53. The Morgan fingerprint density at radius 3 is 2.96 bits per heavy atom. The highest BCUT2D eigenvalue weighted by Crippen LogP contribution is 2.28. The summed E-state index contributed by atoms with van der Waals surface area (Å²) in [7, 11) is 0. The summed E-state index contributed by atoms with van der Waals surface area (Å²) in [5, 5.41) is 16.8. The molecule has 0 aliphatic heterocycles. The molecule has 0 aliphatic carbocycles. The molecule has 7 nitrogen and oxygen atoms in total. The van der Waals surface area contributed by atoms with Crippen LogP contribution in [0, 0.1) is 12.8 Å². The molecule has 0 unspecified atom stereocenters. The molecule has 0 aromatic carbocycles. The zero-order chi connectivity index (χ0) is 18.3. The third-order valence-corrected chi connectivity index (χ3v) is 5.31. The number of carbonyl (C=O) groups is 1. The molecular weight excluding hydrogens is 348 g/mol. The minimum absolute atomic E-state index is 0.102. The van der Waals surface area contributed by atoms with Crippen molar-refractivity contribution in [2.24, 2.45) is 5.92 Å². The van der Waals surface area contributed by atoms with Crippen LogP contribution in [0.1, 0.15) is 35.0 Å². The molecule has 0 saturated carbocycles. The van der Waals surface area contributed by atoms with E-state index in [9.17, 15) is 4.79 Å². The van der Waals surface area contributed by atoms with Gasteiger partial charge in [-0.25, -0.2) is 0 Å². The Morgan fingerprint density at radius 1 is 1.31 bits per heavy atom. The number of hydrogen-bond donors (Lipinski definition) is 1. The fourth-order valence-electron chi connectivity index (χ4n) is 2.95. The van der Waals surface area contributed by atoms with E-state index in [-0.39, 0.29) is 5.91 Å². The lowest BCUT2D eigenvalue weighted by Gasteiger charge is -2.05. The first-order chi connectivity index (χ1) is 12.5. The smallest absolute Gasteiger partial charge is 0.261 e. The highest BCUT2D eigenvalue weighted by atomic mass is 32.1. The monoisotopic (exact) mass is 368 g/mol. The lowest BCUT2D eigenvalue weighted by Crippen LogP contribution is -2.23. The predicted octanol–water partition coefficient (Wildman–Crippen LogP) is 3.03. The Labute approximate surface area is 154 Å². The van der Waals surface area contributed by atoms with Crippen molar-refractivity contribution >= 4 is 33.1 Å². The highest BCUT2D eigenvalue weighted by Gasteiger charge is 2.17. The van der Waals surface area contributed by atoms with Gasteiger partial charge in [-0.1, -0.05) is 19.9 Å². The minimum Gasteiger partial charge on any atom is -0.344 e. The van der Waals surface area contributed by atoms with E-state index < -0.39 is 0 Å². The van der Waals surface area contributed by atoms with Crippen molar-refractivity contribution in [3.05, 3.63) is 46.9 Å². The molecule has 0 bridgehead atoms. The molecule has 0 radical (unpaired) electrons. The van der Waals surface area contributed by atoms with Crippen molar-refractivity contribution in [2.75, 3.05) is 0 Å².